The monoisotopic (exact) mass is 618 g/mol. The molecular weight excluding hydrogens is 576 g/mol. The van der Waals surface area contributed by atoms with Crippen LogP contribution in [0.25, 0.3) is 0 Å². The highest BCUT2D eigenvalue weighted by molar-refractivity contribution is 8.00. The largest absolute Gasteiger partial charge is 0.480 e. The molecule has 0 aromatic carbocycles. The summed E-state index contributed by atoms with van der Waals surface area (Å²) in [4.78, 5) is 69.6. The fourth-order valence-electron chi connectivity index (χ4n) is 4.44. The smallest absolute Gasteiger partial charge is 0.322 e. The van der Waals surface area contributed by atoms with Gasteiger partial charge in [-0.2, -0.15) is 23.5 Å². The summed E-state index contributed by atoms with van der Waals surface area (Å²) in [6.07, 6.45) is 5.44. The maximum absolute atomic E-state index is 12.3. The number of fused-ring (bicyclic) bond motifs is 1. The zero-order valence-corrected chi connectivity index (χ0v) is 24.7. The van der Waals surface area contributed by atoms with Crippen LogP contribution in [0.5, 0.6) is 0 Å². The molecule has 9 N–H and O–H groups in total. The summed E-state index contributed by atoms with van der Waals surface area (Å²) in [5.74, 6) is -1.73. The Labute approximate surface area is 247 Å². The second kappa shape index (κ2) is 18.7. The second-order valence-corrected chi connectivity index (χ2v) is 12.5. The Morgan fingerprint density at radius 1 is 1.00 bits per heavy atom. The van der Waals surface area contributed by atoms with Crippen molar-refractivity contribution in [3.8, 4) is 0 Å². The summed E-state index contributed by atoms with van der Waals surface area (Å²) in [5, 5.41) is 31.6. The SMILES string of the molecule is N[C@@H](CCC(=O)N[C@@H](CSCCCCCNC(=O)CCCC[C@@H]1SC[C@@H]2NC(=O)N[C@@H]21)C(=O)NCC(=O)O)C(=O)O. The number of carboxylic acid groups (broad SMARTS) is 2. The lowest BCUT2D eigenvalue weighted by molar-refractivity contribution is -0.139. The fraction of sp³-hybridized carbons (Fsp3) is 0.760. The molecule has 0 aromatic rings. The van der Waals surface area contributed by atoms with Crippen molar-refractivity contribution in [1.82, 2.24) is 26.6 Å². The summed E-state index contributed by atoms with van der Waals surface area (Å²) in [7, 11) is 0. The molecule has 2 rings (SSSR count). The Bertz CT molecular complexity index is 927. The number of thioether (sulfide) groups is 2. The molecule has 41 heavy (non-hydrogen) atoms. The van der Waals surface area contributed by atoms with Gasteiger partial charge in [-0.3, -0.25) is 24.0 Å². The third-order valence-electron chi connectivity index (χ3n) is 6.72. The summed E-state index contributed by atoms with van der Waals surface area (Å²) in [5.41, 5.74) is 5.40. The molecule has 0 saturated carbocycles. The van der Waals surface area contributed by atoms with Gasteiger partial charge in [0.2, 0.25) is 17.7 Å². The average Bonchev–Trinajstić information content (AvgIpc) is 3.47. The maximum Gasteiger partial charge on any atom is 0.322 e. The molecule has 5 amide bonds. The number of unbranched alkanes of at least 4 members (excludes halogenated alkanes) is 3. The first-order valence-corrected chi connectivity index (χ1v) is 16.1. The third-order valence-corrected chi connectivity index (χ3v) is 9.37. The number of carbonyl (C=O) groups is 6. The quantitative estimate of drug-likeness (QED) is 0.0610. The number of rotatable bonds is 21. The van der Waals surface area contributed by atoms with Crippen molar-refractivity contribution in [2.24, 2.45) is 5.73 Å². The van der Waals surface area contributed by atoms with E-state index in [9.17, 15) is 28.8 Å². The van der Waals surface area contributed by atoms with Crippen LogP contribution in [0.4, 0.5) is 4.79 Å². The van der Waals surface area contributed by atoms with Crippen LogP contribution in [-0.4, -0.2) is 106 Å². The van der Waals surface area contributed by atoms with Crippen LogP contribution in [0, 0.1) is 0 Å². The second-order valence-electron chi connectivity index (χ2n) is 10.1. The minimum atomic E-state index is -1.23. The van der Waals surface area contributed by atoms with Crippen molar-refractivity contribution in [1.29, 1.82) is 0 Å². The van der Waals surface area contributed by atoms with Crippen molar-refractivity contribution in [3.63, 3.8) is 0 Å². The summed E-state index contributed by atoms with van der Waals surface area (Å²) in [6, 6.07) is -1.84. The van der Waals surface area contributed by atoms with Gasteiger partial charge in [0.05, 0.1) is 12.1 Å². The molecular formula is C25H42N6O8S2. The third kappa shape index (κ3) is 13.7. The van der Waals surface area contributed by atoms with Crippen molar-refractivity contribution in [2.45, 2.75) is 87.2 Å². The van der Waals surface area contributed by atoms with Crippen molar-refractivity contribution in [2.75, 3.05) is 30.3 Å². The van der Waals surface area contributed by atoms with Crippen molar-refractivity contribution >= 4 is 59.2 Å². The van der Waals surface area contributed by atoms with Gasteiger partial charge in [0.15, 0.2) is 0 Å². The molecule has 2 fully saturated rings. The Morgan fingerprint density at radius 2 is 1.78 bits per heavy atom. The number of carbonyl (C=O) groups excluding carboxylic acids is 4. The van der Waals surface area contributed by atoms with E-state index in [0.717, 1.165) is 44.3 Å². The molecule has 16 heteroatoms. The van der Waals surface area contributed by atoms with E-state index in [1.165, 1.54) is 11.8 Å². The molecule has 232 valence electrons. The lowest BCUT2D eigenvalue weighted by atomic mass is 10.0. The fourth-order valence-corrected chi connectivity index (χ4v) is 7.03. The van der Waals surface area contributed by atoms with Crippen LogP contribution >= 0.6 is 23.5 Å². The van der Waals surface area contributed by atoms with E-state index in [2.05, 4.69) is 26.6 Å². The molecule has 0 bridgehead atoms. The van der Waals surface area contributed by atoms with Gasteiger partial charge >= 0.3 is 18.0 Å². The van der Waals surface area contributed by atoms with Crippen LogP contribution in [0.3, 0.4) is 0 Å². The van der Waals surface area contributed by atoms with Gasteiger partial charge < -0.3 is 42.5 Å². The standard InChI is InChI=1S/C25H42N6O8S2/c26-15(24(37)38)8-9-20(33)29-17(23(36)28-12-21(34)35)13-40-11-5-1-4-10-27-19(32)7-3-2-6-18-22-16(14-41-18)30-25(39)31-22/h15-18,22H,1-14,26H2,(H,27,32)(H,28,36)(H,29,33)(H,34,35)(H,37,38)(H2,30,31,39)/t15-,16-,17-,18-,22-/m0/s1. The number of hydrogen-bond donors (Lipinski definition) is 8. The zero-order chi connectivity index (χ0) is 30.2. The van der Waals surface area contributed by atoms with E-state index in [1.807, 2.05) is 11.8 Å². The molecule has 2 saturated heterocycles. The van der Waals surface area contributed by atoms with Crippen LogP contribution in [0.2, 0.25) is 0 Å². The molecule has 2 aliphatic rings. The Morgan fingerprint density at radius 3 is 2.51 bits per heavy atom. The predicted octanol–water partition coefficient (Wildman–Crippen LogP) is -0.390. The number of carboxylic acids is 2. The van der Waals surface area contributed by atoms with E-state index in [-0.39, 0.29) is 42.6 Å². The molecule has 0 radical (unpaired) electrons. The topological polar surface area (TPSA) is 229 Å². The summed E-state index contributed by atoms with van der Waals surface area (Å²) < 4.78 is 0. The van der Waals surface area contributed by atoms with E-state index in [0.29, 0.717) is 24.0 Å². The molecule has 5 atom stereocenters. The van der Waals surface area contributed by atoms with Crippen molar-refractivity contribution < 1.29 is 39.0 Å². The molecule has 2 aliphatic heterocycles. The first-order valence-electron chi connectivity index (χ1n) is 13.9. The predicted molar refractivity (Wildman–Crippen MR) is 156 cm³/mol. The van der Waals surface area contributed by atoms with E-state index in [1.54, 1.807) is 0 Å². The molecule has 0 aromatic heterocycles. The lowest BCUT2D eigenvalue weighted by Crippen LogP contribution is -2.49. The average molecular weight is 619 g/mol. The number of nitrogens with one attached hydrogen (secondary N) is 5. The molecule has 0 spiro atoms. The normalized spacial score (nSPS) is 20.7. The van der Waals surface area contributed by atoms with Gasteiger partial charge in [0, 0.05) is 36.1 Å². The Balaban J connectivity index is 1.53. The van der Waals surface area contributed by atoms with Crippen LogP contribution in [0.15, 0.2) is 0 Å². The first kappa shape index (κ1) is 34.5. The Hall–Kier alpha value is -2.72. The van der Waals surface area contributed by atoms with E-state index < -0.39 is 42.4 Å². The van der Waals surface area contributed by atoms with Crippen molar-refractivity contribution in [3.05, 3.63) is 0 Å². The molecule has 0 aliphatic carbocycles. The number of urea groups is 1. The molecule has 0 unspecified atom stereocenters. The van der Waals surface area contributed by atoms with E-state index >= 15 is 0 Å². The minimum Gasteiger partial charge on any atom is -0.480 e. The highest BCUT2D eigenvalue weighted by Gasteiger charge is 2.42. The highest BCUT2D eigenvalue weighted by Crippen LogP contribution is 2.33. The number of hydrogen-bond acceptors (Lipinski definition) is 9. The first-order chi connectivity index (χ1) is 19.6. The minimum absolute atomic E-state index is 0.0300. The van der Waals surface area contributed by atoms with Gasteiger partial charge in [-0.25, -0.2) is 4.79 Å². The summed E-state index contributed by atoms with van der Waals surface area (Å²) in [6.45, 7) is 0.00149. The van der Waals surface area contributed by atoms with Gasteiger partial charge in [-0.05, 0) is 37.9 Å². The van der Waals surface area contributed by atoms with Crippen LogP contribution in [-0.2, 0) is 24.0 Å². The number of amides is 5. The molecule has 14 nitrogen and oxygen atoms in total. The van der Waals surface area contributed by atoms with Gasteiger partial charge in [0.1, 0.15) is 18.6 Å². The number of aliphatic carboxylic acids is 2. The van der Waals surface area contributed by atoms with Gasteiger partial charge in [-0.15, -0.1) is 0 Å². The van der Waals surface area contributed by atoms with Crippen LogP contribution < -0.4 is 32.3 Å². The van der Waals surface area contributed by atoms with Gasteiger partial charge in [-0.1, -0.05) is 12.8 Å². The maximum atomic E-state index is 12.3. The lowest BCUT2D eigenvalue weighted by Gasteiger charge is -2.18. The Kier molecular flexibility index (Phi) is 15.7. The summed E-state index contributed by atoms with van der Waals surface area (Å²) >= 11 is 3.30. The molecule has 2 heterocycles. The van der Waals surface area contributed by atoms with E-state index in [4.69, 9.17) is 15.9 Å². The zero-order valence-electron chi connectivity index (χ0n) is 23.0. The highest BCUT2D eigenvalue weighted by atomic mass is 32.2. The van der Waals surface area contributed by atoms with Crippen LogP contribution in [0.1, 0.15) is 57.8 Å². The number of nitrogens with two attached hydrogens (primary N) is 1. The van der Waals surface area contributed by atoms with Gasteiger partial charge in [0.25, 0.3) is 0 Å².